The molecule has 0 unspecified atom stereocenters. The fraction of sp³-hybridized carbons (Fsp3) is 0.300. The molecule has 0 saturated heterocycles. The summed E-state index contributed by atoms with van der Waals surface area (Å²) in [7, 11) is 1.57. The van der Waals surface area contributed by atoms with E-state index >= 15 is 0 Å². The largest absolute Gasteiger partial charge is 0.497 e. The smallest absolute Gasteiger partial charge is 0.258 e. The van der Waals surface area contributed by atoms with Gasteiger partial charge in [-0.25, -0.2) is 0 Å². The third kappa shape index (κ3) is 2.65. The second-order valence-electron chi connectivity index (χ2n) is 2.84. The van der Waals surface area contributed by atoms with Crippen molar-refractivity contribution >= 4 is 5.91 Å². The molecule has 0 aliphatic heterocycles. The van der Waals surface area contributed by atoms with Crippen LogP contribution < -0.4 is 15.2 Å². The first-order chi connectivity index (χ1) is 6.63. The van der Waals surface area contributed by atoms with Gasteiger partial charge in [0, 0.05) is 6.07 Å². The number of benzene rings is 1. The van der Waals surface area contributed by atoms with Crippen LogP contribution in [0.1, 0.15) is 6.92 Å². The van der Waals surface area contributed by atoms with Crippen LogP contribution in [0, 0.1) is 0 Å². The third-order valence-electron chi connectivity index (χ3n) is 1.75. The normalized spacial score (nSPS) is 11.9. The topological polar surface area (TPSA) is 61.6 Å². The van der Waals surface area contributed by atoms with E-state index in [-0.39, 0.29) is 0 Å². The number of amides is 1. The van der Waals surface area contributed by atoms with Crippen molar-refractivity contribution in [2.24, 2.45) is 5.73 Å². The van der Waals surface area contributed by atoms with E-state index in [1.165, 1.54) is 0 Å². The van der Waals surface area contributed by atoms with E-state index in [4.69, 9.17) is 15.2 Å². The molecule has 14 heavy (non-hydrogen) atoms. The Balaban J connectivity index is 2.71. The van der Waals surface area contributed by atoms with Crippen molar-refractivity contribution in [2.75, 3.05) is 7.11 Å². The Morgan fingerprint density at radius 2 is 2.07 bits per heavy atom. The van der Waals surface area contributed by atoms with Crippen molar-refractivity contribution < 1.29 is 14.3 Å². The maximum Gasteiger partial charge on any atom is 0.258 e. The van der Waals surface area contributed by atoms with Gasteiger partial charge in [-0.3, -0.25) is 4.79 Å². The summed E-state index contributed by atoms with van der Waals surface area (Å²) in [5.41, 5.74) is 5.06. The highest BCUT2D eigenvalue weighted by Gasteiger charge is 2.09. The molecular formula is C10H13NO3. The van der Waals surface area contributed by atoms with Crippen molar-refractivity contribution in [3.8, 4) is 11.5 Å². The summed E-state index contributed by atoms with van der Waals surface area (Å²) in [6.07, 6.45) is -0.637. The molecule has 1 aromatic rings. The molecule has 4 nitrogen and oxygen atoms in total. The predicted octanol–water partition coefficient (Wildman–Crippen LogP) is 0.948. The molecule has 0 aromatic heterocycles. The van der Waals surface area contributed by atoms with Crippen molar-refractivity contribution in [3.63, 3.8) is 0 Å². The van der Waals surface area contributed by atoms with Crippen LogP contribution in [0.4, 0.5) is 0 Å². The first-order valence-corrected chi connectivity index (χ1v) is 4.23. The van der Waals surface area contributed by atoms with Crippen LogP contribution in [-0.4, -0.2) is 19.1 Å². The number of hydrogen-bond acceptors (Lipinski definition) is 3. The van der Waals surface area contributed by atoms with Crippen LogP contribution >= 0.6 is 0 Å². The van der Waals surface area contributed by atoms with E-state index in [2.05, 4.69) is 0 Å². The molecule has 76 valence electrons. The molecule has 4 heteroatoms. The van der Waals surface area contributed by atoms with Crippen LogP contribution in [0.5, 0.6) is 11.5 Å². The second kappa shape index (κ2) is 4.50. The molecule has 0 aliphatic carbocycles. The summed E-state index contributed by atoms with van der Waals surface area (Å²) >= 11 is 0. The Morgan fingerprint density at radius 3 is 2.64 bits per heavy atom. The standard InChI is InChI=1S/C10H13NO3/c1-7(10(11)12)14-9-5-3-4-8(6-9)13-2/h3-7H,1-2H3,(H2,11,12)/t7-/m0/s1. The van der Waals surface area contributed by atoms with E-state index in [1.807, 2.05) is 0 Å². The number of nitrogens with two attached hydrogens (primary N) is 1. The number of methoxy groups -OCH3 is 1. The zero-order chi connectivity index (χ0) is 10.6. The van der Waals surface area contributed by atoms with Gasteiger partial charge >= 0.3 is 0 Å². The van der Waals surface area contributed by atoms with Crippen LogP contribution in [0.3, 0.4) is 0 Å². The van der Waals surface area contributed by atoms with E-state index in [0.29, 0.717) is 11.5 Å². The highest BCUT2D eigenvalue weighted by atomic mass is 16.5. The Kier molecular flexibility index (Phi) is 3.34. The number of ether oxygens (including phenoxy) is 2. The SMILES string of the molecule is COc1cccc(O[C@@H](C)C(N)=O)c1. The monoisotopic (exact) mass is 195 g/mol. The fourth-order valence-electron chi connectivity index (χ4n) is 0.937. The molecular weight excluding hydrogens is 182 g/mol. The molecule has 0 bridgehead atoms. The molecule has 1 amide bonds. The average Bonchev–Trinajstić information content (AvgIpc) is 2.18. The molecule has 0 fully saturated rings. The lowest BCUT2D eigenvalue weighted by Gasteiger charge is -2.11. The maximum atomic E-state index is 10.7. The van der Waals surface area contributed by atoms with E-state index in [1.54, 1.807) is 38.3 Å². The van der Waals surface area contributed by atoms with Crippen LogP contribution in [-0.2, 0) is 4.79 Å². The van der Waals surface area contributed by atoms with E-state index in [0.717, 1.165) is 0 Å². The minimum absolute atomic E-state index is 0.493. The molecule has 0 heterocycles. The second-order valence-corrected chi connectivity index (χ2v) is 2.84. The maximum absolute atomic E-state index is 10.7. The van der Waals surface area contributed by atoms with Gasteiger partial charge in [-0.05, 0) is 19.1 Å². The van der Waals surface area contributed by atoms with Gasteiger partial charge in [0.2, 0.25) is 0 Å². The van der Waals surface area contributed by atoms with Gasteiger partial charge in [-0.15, -0.1) is 0 Å². The van der Waals surface area contributed by atoms with Crippen LogP contribution in [0.25, 0.3) is 0 Å². The van der Waals surface area contributed by atoms with Gasteiger partial charge in [-0.2, -0.15) is 0 Å². The molecule has 0 radical (unpaired) electrons. The van der Waals surface area contributed by atoms with Crippen molar-refractivity contribution in [1.29, 1.82) is 0 Å². The van der Waals surface area contributed by atoms with Gasteiger partial charge in [0.15, 0.2) is 6.10 Å². The van der Waals surface area contributed by atoms with Crippen molar-refractivity contribution in [3.05, 3.63) is 24.3 Å². The molecule has 2 N–H and O–H groups in total. The molecule has 1 aromatic carbocycles. The van der Waals surface area contributed by atoms with E-state index in [9.17, 15) is 4.79 Å². The lowest BCUT2D eigenvalue weighted by atomic mass is 10.3. The predicted molar refractivity (Wildman–Crippen MR) is 52.3 cm³/mol. The number of rotatable bonds is 4. The third-order valence-corrected chi connectivity index (χ3v) is 1.75. The number of primary amides is 1. The highest BCUT2D eigenvalue weighted by Crippen LogP contribution is 2.19. The lowest BCUT2D eigenvalue weighted by molar-refractivity contribution is -0.123. The van der Waals surface area contributed by atoms with Crippen molar-refractivity contribution in [1.82, 2.24) is 0 Å². The van der Waals surface area contributed by atoms with Gasteiger partial charge in [-0.1, -0.05) is 6.07 Å². The zero-order valence-electron chi connectivity index (χ0n) is 8.19. The summed E-state index contributed by atoms with van der Waals surface area (Å²) < 4.78 is 10.3. The Bertz CT molecular complexity index is 325. The first kappa shape index (κ1) is 10.4. The highest BCUT2D eigenvalue weighted by molar-refractivity contribution is 5.78. The molecule has 1 rings (SSSR count). The summed E-state index contributed by atoms with van der Waals surface area (Å²) in [4.78, 5) is 10.7. The number of carbonyl (C=O) groups excluding carboxylic acids is 1. The lowest BCUT2D eigenvalue weighted by Crippen LogP contribution is -2.30. The van der Waals surface area contributed by atoms with Crippen LogP contribution in [0.2, 0.25) is 0 Å². The minimum atomic E-state index is -0.637. The van der Waals surface area contributed by atoms with E-state index < -0.39 is 12.0 Å². The minimum Gasteiger partial charge on any atom is -0.497 e. The summed E-state index contributed by atoms with van der Waals surface area (Å²) in [6.45, 7) is 1.60. The Hall–Kier alpha value is -1.71. The van der Waals surface area contributed by atoms with Gasteiger partial charge < -0.3 is 15.2 Å². The Labute approximate surface area is 82.6 Å². The van der Waals surface area contributed by atoms with Crippen molar-refractivity contribution in [2.45, 2.75) is 13.0 Å². The van der Waals surface area contributed by atoms with Gasteiger partial charge in [0.05, 0.1) is 7.11 Å². The Morgan fingerprint density at radius 1 is 1.43 bits per heavy atom. The fourth-order valence-corrected chi connectivity index (χ4v) is 0.937. The quantitative estimate of drug-likeness (QED) is 0.778. The summed E-state index contributed by atoms with van der Waals surface area (Å²) in [6, 6.07) is 7.01. The molecule has 0 spiro atoms. The van der Waals surface area contributed by atoms with Gasteiger partial charge in [0.1, 0.15) is 11.5 Å². The molecule has 0 aliphatic rings. The number of hydrogen-bond donors (Lipinski definition) is 1. The number of carbonyl (C=O) groups is 1. The summed E-state index contributed by atoms with van der Waals surface area (Å²) in [5.74, 6) is 0.752. The average molecular weight is 195 g/mol. The van der Waals surface area contributed by atoms with Gasteiger partial charge in [0.25, 0.3) is 5.91 Å². The summed E-state index contributed by atoms with van der Waals surface area (Å²) in [5, 5.41) is 0. The molecule has 0 saturated carbocycles. The molecule has 1 atom stereocenters. The zero-order valence-corrected chi connectivity index (χ0v) is 8.19. The first-order valence-electron chi connectivity index (χ1n) is 4.23. The van der Waals surface area contributed by atoms with Crippen LogP contribution in [0.15, 0.2) is 24.3 Å².